The monoisotopic (exact) mass is 1840 g/mol. The van der Waals surface area contributed by atoms with Gasteiger partial charge in [-0.15, -0.1) is 0 Å². The number of hydrogen-bond donors (Lipinski definition) is 0. The molecule has 0 amide bonds. The Morgan fingerprint density at radius 1 is 0.485 bits per heavy atom. The van der Waals surface area contributed by atoms with Gasteiger partial charge in [0.2, 0.25) is 10.0 Å². The highest BCUT2D eigenvalue weighted by Gasteiger charge is 2.56. The number of carbonyl (C=O) groups is 3. The number of halogens is 6. The number of pyridine rings is 3. The summed E-state index contributed by atoms with van der Waals surface area (Å²) in [5, 5.41) is 23.8. The second-order valence-corrected chi connectivity index (χ2v) is 41.2. The fourth-order valence-electron chi connectivity index (χ4n) is 19.7. The van der Waals surface area contributed by atoms with E-state index in [1.807, 2.05) is 69.0 Å². The van der Waals surface area contributed by atoms with Gasteiger partial charge in [0.05, 0.1) is 99.9 Å². The molecule has 0 spiro atoms. The van der Waals surface area contributed by atoms with Crippen LogP contribution >= 0.6 is 11.6 Å². The third-order valence-corrected chi connectivity index (χ3v) is 32.5. The van der Waals surface area contributed by atoms with Crippen LogP contribution in [0.1, 0.15) is 160 Å². The van der Waals surface area contributed by atoms with Crippen LogP contribution in [0.15, 0.2) is 227 Å². The SMILES string of the molecule is C=S(=O)(c1ccn(C)n1)N(C1CC1)[C@H]1CCC2=Cc3c(cnn3-c3ccc(F)cc3)C[C@]2(C(=O)c2cc(C)ccn2)C1.C=S(=O)(c1ccn(C)n1)N(CCF)[C@H]1CCC2=Cc3c(cnn3-c3ccc(F)cc3)C[C@]2(C(=O)c2cc(Cl)ccn2)C1.CCCOCCN([C@H]1CCC2=Cc3c(cnn3-c3ccc(F)cc3)C[C@]2(C(=O)c2cc(C)ccn2)C1)S(=O)(=O)c1ccc(F)cc1. The summed E-state index contributed by atoms with van der Waals surface area (Å²) >= 11 is 6.26. The Labute approximate surface area is 756 Å². The van der Waals surface area contributed by atoms with Gasteiger partial charge in [-0.1, -0.05) is 35.2 Å². The Balaban J connectivity index is 0.000000137. The van der Waals surface area contributed by atoms with Crippen LogP contribution in [0, 0.1) is 53.4 Å². The smallest absolute Gasteiger partial charge is 0.243 e. The van der Waals surface area contributed by atoms with Crippen LogP contribution in [0.4, 0.5) is 22.0 Å². The van der Waals surface area contributed by atoms with Crippen molar-refractivity contribution in [2.24, 2.45) is 30.3 Å². The normalized spacial score (nSPS) is 21.2. The largest absolute Gasteiger partial charge is 0.380 e. The number of rotatable bonds is 26. The van der Waals surface area contributed by atoms with Crippen molar-refractivity contribution in [2.75, 3.05) is 33.0 Å². The maximum Gasteiger partial charge on any atom is 0.243 e. The number of nitrogens with zero attached hydrogens (tertiary/aromatic N) is 16. The van der Waals surface area contributed by atoms with E-state index in [1.54, 1.807) is 129 Å². The van der Waals surface area contributed by atoms with Crippen LogP contribution in [0.2, 0.25) is 5.02 Å². The molecule has 4 saturated carbocycles. The number of Topliss-reactive ketones (excluding diaryl/α,β-unsaturated/α-hetero) is 3. The van der Waals surface area contributed by atoms with Gasteiger partial charge in [0.15, 0.2) is 27.4 Å². The molecule has 7 aliphatic carbocycles. The van der Waals surface area contributed by atoms with Crippen LogP contribution in [-0.2, 0) is 67.5 Å². The molecular formula is C97H98ClF5N16O8S3. The molecule has 19 rings (SSSR count). The minimum atomic E-state index is -4.07. The Bertz CT molecular complexity index is 6790. The van der Waals surface area contributed by atoms with E-state index in [-0.39, 0.29) is 95.0 Å². The topological polar surface area (TPSA) is 266 Å². The Morgan fingerprint density at radius 3 is 1.25 bits per heavy atom. The molecule has 4 aromatic carbocycles. The molecule has 12 aromatic rings. The summed E-state index contributed by atoms with van der Waals surface area (Å²) < 4.78 is 145. The van der Waals surface area contributed by atoms with Crippen molar-refractivity contribution in [1.82, 2.24) is 76.8 Å². The van der Waals surface area contributed by atoms with Crippen molar-refractivity contribution in [2.45, 2.75) is 156 Å². The van der Waals surface area contributed by atoms with E-state index in [2.05, 4.69) is 62.6 Å². The van der Waals surface area contributed by atoms with Crippen molar-refractivity contribution < 1.29 is 57.9 Å². The van der Waals surface area contributed by atoms with E-state index >= 15 is 0 Å². The van der Waals surface area contributed by atoms with E-state index in [4.69, 9.17) is 16.3 Å². The van der Waals surface area contributed by atoms with Crippen molar-refractivity contribution in [3.05, 3.63) is 302 Å². The van der Waals surface area contributed by atoms with E-state index in [0.29, 0.717) is 97.2 Å². The van der Waals surface area contributed by atoms with Crippen LogP contribution < -0.4 is 0 Å². The van der Waals surface area contributed by atoms with Crippen molar-refractivity contribution >= 4 is 88.4 Å². The zero-order valence-electron chi connectivity index (χ0n) is 72.5. The van der Waals surface area contributed by atoms with Gasteiger partial charge in [0.25, 0.3) is 0 Å². The first kappa shape index (κ1) is 90.3. The van der Waals surface area contributed by atoms with Gasteiger partial charge in [-0.3, -0.25) is 38.7 Å². The highest BCUT2D eigenvalue weighted by Crippen LogP contribution is 2.56. The Morgan fingerprint density at radius 2 is 0.869 bits per heavy atom. The maximum atomic E-state index is 14.7. The van der Waals surface area contributed by atoms with Crippen molar-refractivity contribution in [3.8, 4) is 17.1 Å². The summed E-state index contributed by atoms with van der Waals surface area (Å²) in [6.45, 7) is 5.75. The molecule has 130 heavy (non-hydrogen) atoms. The molecule has 33 heteroatoms. The van der Waals surface area contributed by atoms with Gasteiger partial charge in [0.1, 0.15) is 47.0 Å². The quantitative estimate of drug-likeness (QED) is 0.0211. The highest BCUT2D eigenvalue weighted by molar-refractivity contribution is 7.98. The third kappa shape index (κ3) is 17.6. The van der Waals surface area contributed by atoms with E-state index in [9.17, 15) is 53.2 Å². The minimum Gasteiger partial charge on any atom is -0.380 e. The molecule has 8 atom stereocenters. The van der Waals surface area contributed by atoms with Crippen LogP contribution in [0.3, 0.4) is 0 Å². The molecule has 0 saturated heterocycles. The molecule has 0 radical (unpaired) electrons. The summed E-state index contributed by atoms with van der Waals surface area (Å²) in [6.07, 6.45) is 27.7. The standard InChI is InChI=1S/C35H36F2N4O4S.C32H33FN6O2S.C30H29ClF2N6O2S/c1-3-17-45-18-16-40(46(43,44)31-12-7-28(37)8-13-31)30-9-4-26-20-33-25(23-39-41(33)29-10-5-27(36)6-11-29)21-35(26,22-30)34(42)32-19-24(2)14-15-38-32;1-21-12-14-34-28(16-21)31(40)32-18-22-20-35-38(25-8-5-24(33)6-9-25)29(22)17-23(32)4-7-27(19-32)39(26-10-11-26)42(3,41)30-13-15-37(2)36-30;1-37-13-10-28(36-37)42(2,41)38(14-11-32)25-6-3-21-15-27-20(19-35-39(27)24-7-4-23(33)5-8-24)17-30(21,18-25)29(40)26-16-22(31)9-12-34-26/h5-8,10-15,19-20,23,30H,3-4,9,16-18,21-22H2,1-2H3;5-6,8-9,12-17,20,26-27H,3-4,7,10-11,18-19H2,1-2H3;4-5,7-10,12-13,15-16,19,25H,2-3,6,11,14,17-18H2,1H3/t30-,35-;27-,32-,42?;25-,30-,42?/m000/s1. The lowest BCUT2D eigenvalue weighted by Crippen LogP contribution is -2.51. The van der Waals surface area contributed by atoms with E-state index < -0.39 is 70.3 Å². The van der Waals surface area contributed by atoms with Crippen LogP contribution in [-0.4, -0.2) is 180 Å². The molecule has 0 bridgehead atoms. The van der Waals surface area contributed by atoms with E-state index in [1.165, 1.54) is 63.7 Å². The fraction of sp³-hybridized carbons (Fsp3) is 0.330. The molecule has 4 fully saturated rings. The number of benzene rings is 4. The van der Waals surface area contributed by atoms with E-state index in [0.717, 1.165) is 105 Å². The second kappa shape index (κ2) is 36.6. The molecule has 674 valence electrons. The van der Waals surface area contributed by atoms with Crippen molar-refractivity contribution in [1.29, 1.82) is 0 Å². The molecule has 8 aromatic heterocycles. The van der Waals surface area contributed by atoms with Gasteiger partial charge in [-0.2, -0.15) is 29.8 Å². The molecule has 2 unspecified atom stereocenters. The second-order valence-electron chi connectivity index (χ2n) is 34.6. The van der Waals surface area contributed by atoms with Crippen molar-refractivity contribution in [3.63, 3.8) is 0 Å². The number of aromatic nitrogens is 13. The molecule has 7 aliphatic rings. The van der Waals surface area contributed by atoms with Crippen LogP contribution in [0.25, 0.3) is 35.3 Å². The lowest BCUT2D eigenvalue weighted by Gasteiger charge is -2.47. The van der Waals surface area contributed by atoms with Gasteiger partial charge in [-0.05, 0) is 314 Å². The number of alkyl halides is 1. The predicted molar refractivity (Wildman–Crippen MR) is 488 cm³/mol. The van der Waals surface area contributed by atoms with Gasteiger partial charge >= 0.3 is 0 Å². The molecular weight excluding hydrogens is 1740 g/mol. The molecule has 8 heterocycles. The number of fused-ring (bicyclic) bond motifs is 6. The minimum absolute atomic E-state index is 0.0158. The first-order valence-electron chi connectivity index (χ1n) is 43.3. The number of carbonyl (C=O) groups excluding carboxylic acids is 3. The number of allylic oxidation sites excluding steroid dienone is 3. The summed E-state index contributed by atoms with van der Waals surface area (Å²) in [5.41, 5.74) is 9.93. The zero-order chi connectivity index (χ0) is 91.3. The molecule has 0 N–H and O–H groups in total. The number of ketones is 3. The van der Waals surface area contributed by atoms with Gasteiger partial charge in [-0.25, -0.2) is 61.4 Å². The third-order valence-electron chi connectivity index (χ3n) is 26.0. The summed E-state index contributed by atoms with van der Waals surface area (Å²) in [7, 11) is -6.56. The first-order valence-corrected chi connectivity index (χ1v) is 48.5. The average Bonchev–Trinajstić information content (AvgIpc) is 1.52. The van der Waals surface area contributed by atoms with Crippen LogP contribution in [0.5, 0.6) is 0 Å². The van der Waals surface area contributed by atoms with Gasteiger partial charge < -0.3 is 4.74 Å². The zero-order valence-corrected chi connectivity index (χ0v) is 75.7. The number of ether oxygens (including phenoxy) is 1. The number of sulfonamides is 1. The highest BCUT2D eigenvalue weighted by atomic mass is 35.5. The average molecular weight is 1840 g/mol. The summed E-state index contributed by atoms with van der Waals surface area (Å²) in [5.74, 6) is 6.31. The maximum absolute atomic E-state index is 14.7. The summed E-state index contributed by atoms with van der Waals surface area (Å²) in [6, 6.07) is 36.1. The van der Waals surface area contributed by atoms with Gasteiger partial charge in [0, 0.05) is 94.0 Å². The lowest BCUT2D eigenvalue weighted by molar-refractivity contribution is 0.0699. The Hall–Kier alpha value is -11.6. The predicted octanol–water partition coefficient (Wildman–Crippen LogP) is 16.4. The lowest BCUT2D eigenvalue weighted by atomic mass is 9.60. The first-order chi connectivity index (χ1) is 62.4. The number of aryl methyl sites for hydroxylation is 4. The molecule has 0 aliphatic heterocycles. The summed E-state index contributed by atoms with van der Waals surface area (Å²) in [4.78, 5) is 57.0. The fourth-order valence-corrected chi connectivity index (χ4v) is 25.4. The molecule has 24 nitrogen and oxygen atoms in total. The number of hydrogen-bond acceptors (Lipinski definition) is 16. The Kier molecular flexibility index (Phi) is 25.4.